The molecular weight excluding hydrogens is 569 g/mol. The van der Waals surface area contributed by atoms with E-state index in [1.807, 2.05) is 0 Å². The molecule has 2 aliphatic rings. The molecule has 1 aromatic carbocycles. The summed E-state index contributed by atoms with van der Waals surface area (Å²) < 4.78 is 83.1. The predicted molar refractivity (Wildman–Crippen MR) is 145 cm³/mol. The van der Waals surface area contributed by atoms with Crippen molar-refractivity contribution in [3.63, 3.8) is 0 Å². The van der Waals surface area contributed by atoms with Crippen LogP contribution in [0.1, 0.15) is 36.1 Å². The number of amides is 1. The molecule has 214 valence electrons. The van der Waals surface area contributed by atoms with Crippen LogP contribution in [0.15, 0.2) is 29.4 Å². The van der Waals surface area contributed by atoms with Gasteiger partial charge in [0.1, 0.15) is 5.69 Å². The molecule has 4 rings (SSSR count). The molecule has 1 amide bonds. The molecule has 1 aliphatic carbocycles. The molecule has 2 aromatic rings. The highest BCUT2D eigenvalue weighted by atomic mass is 32.2. The van der Waals surface area contributed by atoms with Crippen molar-refractivity contribution in [2.24, 2.45) is 0 Å². The maximum atomic E-state index is 14.5. The van der Waals surface area contributed by atoms with Gasteiger partial charge < -0.3 is 10.1 Å². The average molecular weight is 602 g/mol. The predicted octanol–water partition coefficient (Wildman–Crippen LogP) is 4.05. The summed E-state index contributed by atoms with van der Waals surface area (Å²) in [6.07, 6.45) is 0.0257. The molecule has 0 atom stereocenters. The first-order valence-corrected chi connectivity index (χ1v) is 20.1. The van der Waals surface area contributed by atoms with Crippen molar-refractivity contribution in [3.05, 3.63) is 41.1 Å². The van der Waals surface area contributed by atoms with Gasteiger partial charge >= 0.3 is 6.09 Å². The van der Waals surface area contributed by atoms with Gasteiger partial charge in [0.2, 0.25) is 15.0 Å². The van der Waals surface area contributed by atoms with Crippen LogP contribution >= 0.6 is 0 Å². The van der Waals surface area contributed by atoms with Crippen molar-refractivity contribution in [1.82, 2.24) is 15.3 Å². The van der Waals surface area contributed by atoms with Crippen molar-refractivity contribution in [1.29, 1.82) is 0 Å². The van der Waals surface area contributed by atoms with Gasteiger partial charge in [0.25, 0.3) is 5.92 Å². The monoisotopic (exact) mass is 601 g/mol. The second-order valence-corrected chi connectivity index (χ2v) is 21.4. The Labute approximate surface area is 228 Å². The zero-order valence-electron chi connectivity index (χ0n) is 22.4. The fourth-order valence-electron chi connectivity index (χ4n) is 4.81. The fraction of sp³-hybridized carbons (Fsp3) is 0.560. The number of fused-ring (bicyclic) bond motifs is 1. The maximum absolute atomic E-state index is 14.5. The van der Waals surface area contributed by atoms with Gasteiger partial charge in [-0.2, -0.15) is 8.78 Å². The van der Waals surface area contributed by atoms with Gasteiger partial charge in [0.05, 0.1) is 29.3 Å². The van der Waals surface area contributed by atoms with E-state index in [-0.39, 0.29) is 48.6 Å². The van der Waals surface area contributed by atoms with Crippen molar-refractivity contribution in [2.75, 3.05) is 24.4 Å². The first kappa shape index (κ1) is 29.5. The Hall–Kier alpha value is -2.45. The van der Waals surface area contributed by atoms with Crippen LogP contribution < -0.4 is 5.32 Å². The molecule has 2 heterocycles. The molecule has 39 heavy (non-hydrogen) atoms. The minimum absolute atomic E-state index is 0.00389. The summed E-state index contributed by atoms with van der Waals surface area (Å²) in [6, 6.07) is 7.37. The van der Waals surface area contributed by atoms with Crippen LogP contribution in [-0.2, 0) is 42.3 Å². The van der Waals surface area contributed by atoms with Gasteiger partial charge in [0.15, 0.2) is 9.84 Å². The number of alkyl carbamates (subject to hydrolysis) is 1. The number of ether oxygens (including phenoxy) is 1. The zero-order valence-corrected chi connectivity index (χ0v) is 25.0. The molecule has 9 nitrogen and oxygen atoms in total. The van der Waals surface area contributed by atoms with E-state index in [0.717, 1.165) is 12.3 Å². The lowest BCUT2D eigenvalue weighted by Gasteiger charge is -2.38. The summed E-state index contributed by atoms with van der Waals surface area (Å²) in [5.41, 5.74) is -0.225. The molecule has 14 heteroatoms. The number of nitrogens with zero attached hydrogens (tertiary/aromatic N) is 2. The number of aromatic nitrogens is 2. The first-order chi connectivity index (χ1) is 17.9. The number of sulfone groups is 2. The summed E-state index contributed by atoms with van der Waals surface area (Å²) in [5.74, 6) is -3.49. The Bertz CT molecular complexity index is 1480. The van der Waals surface area contributed by atoms with E-state index in [2.05, 4.69) is 34.9 Å². The normalized spacial score (nSPS) is 19.7. The van der Waals surface area contributed by atoms with Crippen LogP contribution in [0.4, 0.5) is 13.6 Å². The molecule has 1 N–H and O–H groups in total. The Kier molecular flexibility index (Phi) is 7.71. The molecule has 0 unspecified atom stereocenters. The molecule has 1 aliphatic heterocycles. The Morgan fingerprint density at radius 3 is 2.26 bits per heavy atom. The van der Waals surface area contributed by atoms with Crippen molar-refractivity contribution >= 4 is 33.8 Å². The number of alkyl halides is 2. The van der Waals surface area contributed by atoms with Crippen LogP contribution in [0.5, 0.6) is 0 Å². The average Bonchev–Trinajstić information content (AvgIpc) is 3.13. The Morgan fingerprint density at radius 2 is 1.69 bits per heavy atom. The van der Waals surface area contributed by atoms with Crippen LogP contribution in [0, 0.1) is 0 Å². The number of nitrogens with one attached hydrogen (secondary N) is 1. The summed E-state index contributed by atoms with van der Waals surface area (Å²) in [5, 5.41) is 2.23. The third-order valence-corrected chi connectivity index (χ3v) is 11.4. The van der Waals surface area contributed by atoms with Gasteiger partial charge in [-0.3, -0.25) is 0 Å². The van der Waals surface area contributed by atoms with Gasteiger partial charge in [-0.15, -0.1) is 0 Å². The van der Waals surface area contributed by atoms with E-state index in [1.54, 1.807) is 24.3 Å². The summed E-state index contributed by atoms with van der Waals surface area (Å²) >= 11 is 0. The number of rotatable bonds is 7. The molecule has 1 fully saturated rings. The highest BCUT2D eigenvalue weighted by Crippen LogP contribution is 2.44. The van der Waals surface area contributed by atoms with Gasteiger partial charge in [0, 0.05) is 31.9 Å². The van der Waals surface area contributed by atoms with E-state index in [0.29, 0.717) is 11.1 Å². The van der Waals surface area contributed by atoms with E-state index in [4.69, 9.17) is 4.74 Å². The minimum Gasteiger partial charge on any atom is -0.450 e. The number of halogens is 2. The molecule has 1 saturated heterocycles. The minimum atomic E-state index is -3.95. The van der Waals surface area contributed by atoms with E-state index < -0.39 is 62.6 Å². The number of benzene rings is 1. The molecule has 0 saturated carbocycles. The largest absolute Gasteiger partial charge is 0.450 e. The highest BCUT2D eigenvalue weighted by molar-refractivity contribution is 7.91. The van der Waals surface area contributed by atoms with Crippen molar-refractivity contribution in [2.45, 2.75) is 68.0 Å². The number of hydrogen-bond donors (Lipinski definition) is 1. The quantitative estimate of drug-likeness (QED) is 0.371. The van der Waals surface area contributed by atoms with Crippen LogP contribution in [0.2, 0.25) is 25.7 Å². The molecule has 0 spiro atoms. The SMILES string of the molecule is C[Si](C)(C)CCOC(=O)NC1(c2ccc(-c3nc(S(C)(=O)=O)nc4c3CCC4(F)F)cc2)CCS(=O)(=O)CC1. The van der Waals surface area contributed by atoms with Gasteiger partial charge in [-0.25, -0.2) is 31.6 Å². The third kappa shape index (κ3) is 6.65. The number of carbonyl (C=O) groups is 1. The van der Waals surface area contributed by atoms with Gasteiger partial charge in [-0.1, -0.05) is 43.9 Å². The highest BCUT2D eigenvalue weighted by Gasteiger charge is 2.44. The smallest absolute Gasteiger partial charge is 0.407 e. The fourth-order valence-corrected chi connectivity index (χ4v) is 7.56. The molecule has 1 aromatic heterocycles. The van der Waals surface area contributed by atoms with Crippen molar-refractivity contribution < 1.29 is 35.1 Å². The lowest BCUT2D eigenvalue weighted by atomic mass is 9.83. The Balaban J connectivity index is 1.68. The lowest BCUT2D eigenvalue weighted by molar-refractivity contribution is -0.00653. The zero-order chi connectivity index (χ0) is 28.9. The van der Waals surface area contributed by atoms with Crippen LogP contribution in [-0.4, -0.2) is 65.3 Å². The molecule has 0 bridgehead atoms. The van der Waals surface area contributed by atoms with E-state index in [9.17, 15) is 30.4 Å². The number of hydrogen-bond acceptors (Lipinski definition) is 8. The van der Waals surface area contributed by atoms with E-state index >= 15 is 0 Å². The topological polar surface area (TPSA) is 132 Å². The first-order valence-electron chi connectivity index (χ1n) is 12.7. The van der Waals surface area contributed by atoms with Crippen LogP contribution in [0.3, 0.4) is 0 Å². The maximum Gasteiger partial charge on any atom is 0.407 e. The molecular formula is C25H33F2N3O6S2Si. The Morgan fingerprint density at radius 1 is 1.08 bits per heavy atom. The van der Waals surface area contributed by atoms with Crippen molar-refractivity contribution in [3.8, 4) is 11.3 Å². The standard InChI is InChI=1S/C25H33F2N3O6S2Si/c1-37(32,33)22-28-20(19-9-10-25(26,27)21(19)29-22)17-5-7-18(8-6-17)24(11-14-38(34,35)15-12-24)30-23(31)36-13-16-39(2,3)4/h5-8H,9-16H2,1-4H3,(H,30,31). The summed E-state index contributed by atoms with van der Waals surface area (Å²) in [7, 11) is -8.63. The molecule has 0 radical (unpaired) electrons. The summed E-state index contributed by atoms with van der Waals surface area (Å²) in [4.78, 5) is 20.6. The van der Waals surface area contributed by atoms with Crippen LogP contribution in [0.25, 0.3) is 11.3 Å². The van der Waals surface area contributed by atoms with E-state index in [1.165, 1.54) is 0 Å². The van der Waals surface area contributed by atoms with Gasteiger partial charge in [-0.05, 0) is 30.9 Å². The third-order valence-electron chi connectivity index (χ3n) is 7.17. The summed E-state index contributed by atoms with van der Waals surface area (Å²) in [6.45, 7) is 6.75. The second kappa shape index (κ2) is 10.2. The number of carbonyl (C=O) groups excluding carboxylic acids is 1. The lowest BCUT2D eigenvalue weighted by Crippen LogP contribution is -2.51. The second-order valence-electron chi connectivity index (χ2n) is 11.5.